The minimum Gasteiger partial charge on any atom is -0.432 e. The largest absolute Gasteiger partial charge is 0.432 e. The SMILES string of the molecule is FC(F)Oc1ccccc1-n1nc2nc[nH]c2n1. The molecule has 0 radical (unpaired) electrons. The Kier molecular flexibility index (Phi) is 2.40. The number of aromatic amines is 1. The summed E-state index contributed by atoms with van der Waals surface area (Å²) >= 11 is 0. The van der Waals surface area contributed by atoms with Gasteiger partial charge in [-0.15, -0.1) is 15.0 Å². The van der Waals surface area contributed by atoms with E-state index in [9.17, 15) is 8.78 Å². The van der Waals surface area contributed by atoms with E-state index in [1.807, 2.05) is 0 Å². The summed E-state index contributed by atoms with van der Waals surface area (Å²) in [5.41, 5.74) is 1.20. The molecule has 18 heavy (non-hydrogen) atoms. The number of aromatic nitrogens is 5. The van der Waals surface area contributed by atoms with E-state index in [4.69, 9.17) is 0 Å². The van der Waals surface area contributed by atoms with Crippen molar-refractivity contribution in [3.8, 4) is 11.4 Å². The zero-order chi connectivity index (χ0) is 12.5. The van der Waals surface area contributed by atoms with E-state index in [1.165, 1.54) is 17.2 Å². The molecule has 0 unspecified atom stereocenters. The molecule has 1 N–H and O–H groups in total. The lowest BCUT2D eigenvalue weighted by Gasteiger charge is -2.08. The van der Waals surface area contributed by atoms with Crippen LogP contribution < -0.4 is 4.74 Å². The molecule has 8 heteroatoms. The van der Waals surface area contributed by atoms with Crippen LogP contribution in [0, 0.1) is 0 Å². The Hall–Kier alpha value is -2.51. The van der Waals surface area contributed by atoms with Crippen molar-refractivity contribution in [3.05, 3.63) is 30.6 Å². The second kappa shape index (κ2) is 4.06. The topological polar surface area (TPSA) is 68.6 Å². The molecule has 0 amide bonds. The van der Waals surface area contributed by atoms with E-state index >= 15 is 0 Å². The van der Waals surface area contributed by atoms with Gasteiger partial charge in [0.05, 0.1) is 6.33 Å². The van der Waals surface area contributed by atoms with Gasteiger partial charge in [0.2, 0.25) is 11.3 Å². The summed E-state index contributed by atoms with van der Waals surface area (Å²) in [4.78, 5) is 7.89. The Bertz CT molecular complexity index is 649. The molecule has 0 atom stereocenters. The van der Waals surface area contributed by atoms with Crippen molar-refractivity contribution in [2.24, 2.45) is 0 Å². The summed E-state index contributed by atoms with van der Waals surface area (Å²) in [6, 6.07) is 6.27. The van der Waals surface area contributed by atoms with Gasteiger partial charge in [-0.3, -0.25) is 0 Å². The molecule has 92 valence electrons. The van der Waals surface area contributed by atoms with E-state index in [0.717, 1.165) is 0 Å². The van der Waals surface area contributed by atoms with E-state index in [0.29, 0.717) is 17.0 Å². The molecule has 0 aliphatic heterocycles. The van der Waals surface area contributed by atoms with Crippen LogP contribution >= 0.6 is 0 Å². The van der Waals surface area contributed by atoms with Crippen molar-refractivity contribution in [1.29, 1.82) is 0 Å². The number of nitrogens with one attached hydrogen (secondary N) is 1. The fourth-order valence-electron chi connectivity index (χ4n) is 1.56. The minimum atomic E-state index is -2.90. The molecule has 0 spiro atoms. The van der Waals surface area contributed by atoms with Crippen molar-refractivity contribution >= 4 is 11.3 Å². The van der Waals surface area contributed by atoms with Crippen molar-refractivity contribution in [2.75, 3.05) is 0 Å². The quantitative estimate of drug-likeness (QED) is 0.769. The Morgan fingerprint density at radius 2 is 2.06 bits per heavy atom. The number of hydrogen-bond donors (Lipinski definition) is 1. The number of halogens is 2. The highest BCUT2D eigenvalue weighted by Crippen LogP contribution is 2.23. The van der Waals surface area contributed by atoms with Gasteiger partial charge in [-0.2, -0.15) is 8.78 Å². The van der Waals surface area contributed by atoms with Crippen LogP contribution in [0.4, 0.5) is 8.78 Å². The molecule has 0 aliphatic rings. The summed E-state index contributed by atoms with van der Waals surface area (Å²) < 4.78 is 28.9. The Morgan fingerprint density at radius 3 is 2.83 bits per heavy atom. The van der Waals surface area contributed by atoms with Gasteiger partial charge in [-0.1, -0.05) is 12.1 Å². The monoisotopic (exact) mass is 251 g/mol. The summed E-state index contributed by atoms with van der Waals surface area (Å²) in [6.07, 6.45) is 1.45. The first-order valence-electron chi connectivity index (χ1n) is 5.04. The van der Waals surface area contributed by atoms with Gasteiger partial charge in [0, 0.05) is 0 Å². The van der Waals surface area contributed by atoms with Crippen molar-refractivity contribution < 1.29 is 13.5 Å². The number of rotatable bonds is 3. The van der Waals surface area contributed by atoms with Gasteiger partial charge in [-0.05, 0) is 12.1 Å². The van der Waals surface area contributed by atoms with Crippen molar-refractivity contribution in [1.82, 2.24) is 25.0 Å². The number of H-pyrrole nitrogens is 1. The van der Waals surface area contributed by atoms with Crippen LogP contribution in [0.2, 0.25) is 0 Å². The fourth-order valence-corrected chi connectivity index (χ4v) is 1.56. The van der Waals surface area contributed by atoms with Crippen molar-refractivity contribution in [2.45, 2.75) is 6.61 Å². The first-order chi connectivity index (χ1) is 8.74. The van der Waals surface area contributed by atoms with Gasteiger partial charge < -0.3 is 9.72 Å². The number of nitrogens with zero attached hydrogens (tertiary/aromatic N) is 4. The van der Waals surface area contributed by atoms with Crippen LogP contribution in [0.3, 0.4) is 0 Å². The van der Waals surface area contributed by atoms with Crippen molar-refractivity contribution in [3.63, 3.8) is 0 Å². The summed E-state index contributed by atoms with van der Waals surface area (Å²) in [5, 5.41) is 8.12. The van der Waals surface area contributed by atoms with Crippen LogP contribution in [0.1, 0.15) is 0 Å². The molecule has 0 bridgehead atoms. The predicted octanol–water partition coefficient (Wildman–Crippen LogP) is 1.74. The van der Waals surface area contributed by atoms with Gasteiger partial charge >= 0.3 is 6.61 Å². The molecule has 3 rings (SSSR count). The Morgan fingerprint density at radius 1 is 1.22 bits per heavy atom. The molecular formula is C10H7F2N5O. The standard InChI is InChI=1S/C10H7F2N5O/c11-10(12)18-7-4-2-1-3-6(7)17-15-8-9(16-17)14-5-13-8/h1-5,10H,(H,13,14,15,16). The highest BCUT2D eigenvalue weighted by molar-refractivity contribution is 5.64. The third kappa shape index (κ3) is 1.77. The number of para-hydroxylation sites is 2. The minimum absolute atomic E-state index is 0.00477. The molecule has 0 saturated heterocycles. The molecule has 3 aromatic rings. The number of hydrogen-bond acceptors (Lipinski definition) is 4. The van der Waals surface area contributed by atoms with Gasteiger partial charge in [-0.25, -0.2) is 4.98 Å². The molecule has 1 aromatic carbocycles. The number of ether oxygens (including phenoxy) is 1. The molecular weight excluding hydrogens is 244 g/mol. The van der Waals surface area contributed by atoms with E-state index in [1.54, 1.807) is 18.2 Å². The maximum atomic E-state index is 12.3. The highest BCUT2D eigenvalue weighted by atomic mass is 19.3. The van der Waals surface area contributed by atoms with E-state index < -0.39 is 6.61 Å². The van der Waals surface area contributed by atoms with E-state index in [2.05, 4.69) is 24.9 Å². The highest BCUT2D eigenvalue weighted by Gasteiger charge is 2.13. The normalized spacial score (nSPS) is 11.3. The first-order valence-corrected chi connectivity index (χ1v) is 5.04. The third-order valence-electron chi connectivity index (χ3n) is 2.28. The van der Waals surface area contributed by atoms with Crippen LogP contribution in [-0.2, 0) is 0 Å². The van der Waals surface area contributed by atoms with E-state index in [-0.39, 0.29) is 5.75 Å². The summed E-state index contributed by atoms with van der Waals surface area (Å²) in [7, 11) is 0. The van der Waals surface area contributed by atoms with Crippen LogP contribution in [0.25, 0.3) is 17.0 Å². The average molecular weight is 251 g/mol. The molecule has 6 nitrogen and oxygen atoms in total. The second-order valence-electron chi connectivity index (χ2n) is 3.41. The maximum absolute atomic E-state index is 12.3. The predicted molar refractivity (Wildman–Crippen MR) is 57.6 cm³/mol. The second-order valence-corrected chi connectivity index (χ2v) is 3.41. The fraction of sp³-hybridized carbons (Fsp3) is 0.100. The van der Waals surface area contributed by atoms with Crippen LogP contribution in [0.15, 0.2) is 30.6 Å². The first kappa shape index (κ1) is 10.6. The lowest BCUT2D eigenvalue weighted by atomic mass is 10.3. The van der Waals surface area contributed by atoms with Crippen LogP contribution in [-0.4, -0.2) is 31.6 Å². The number of alkyl halides is 2. The number of fused-ring (bicyclic) bond motifs is 1. The van der Waals surface area contributed by atoms with Crippen LogP contribution in [0.5, 0.6) is 5.75 Å². The number of imidazole rings is 1. The smallest absolute Gasteiger partial charge is 0.387 e. The zero-order valence-electron chi connectivity index (χ0n) is 8.92. The molecule has 0 saturated carbocycles. The average Bonchev–Trinajstić information content (AvgIpc) is 2.89. The molecule has 2 aromatic heterocycles. The molecule has 0 aliphatic carbocycles. The third-order valence-corrected chi connectivity index (χ3v) is 2.28. The zero-order valence-corrected chi connectivity index (χ0v) is 8.92. The van der Waals surface area contributed by atoms with Gasteiger partial charge in [0.15, 0.2) is 5.75 Å². The lowest BCUT2D eigenvalue weighted by molar-refractivity contribution is -0.0499. The van der Waals surface area contributed by atoms with Gasteiger partial charge in [0.1, 0.15) is 5.69 Å². The summed E-state index contributed by atoms with van der Waals surface area (Å²) in [5.74, 6) is 0.00477. The molecule has 2 heterocycles. The number of benzene rings is 1. The molecule has 0 fully saturated rings. The Balaban J connectivity index is 2.08. The summed E-state index contributed by atoms with van der Waals surface area (Å²) in [6.45, 7) is -2.90. The maximum Gasteiger partial charge on any atom is 0.387 e. The lowest BCUT2D eigenvalue weighted by Crippen LogP contribution is -2.07. The Labute approximate surface area is 99.2 Å². The van der Waals surface area contributed by atoms with Gasteiger partial charge in [0.25, 0.3) is 0 Å².